The predicted octanol–water partition coefficient (Wildman–Crippen LogP) is -0.163. The molecule has 1 aromatic carbocycles. The lowest BCUT2D eigenvalue weighted by Gasteiger charge is -2.14. The first-order valence-corrected chi connectivity index (χ1v) is 8.79. The Morgan fingerprint density at radius 2 is 1.96 bits per heavy atom. The van der Waals surface area contributed by atoms with Gasteiger partial charge in [-0.2, -0.15) is 0 Å². The third-order valence-corrected chi connectivity index (χ3v) is 4.57. The number of nitrogens with one attached hydrogen (secondary N) is 2. The van der Waals surface area contributed by atoms with Crippen LogP contribution in [0, 0.1) is 0 Å². The molecular formula is C14H20N4O4S. The van der Waals surface area contributed by atoms with Crippen molar-refractivity contribution in [2.75, 3.05) is 44.4 Å². The number of carbonyl (C=O) groups is 2. The topological polar surface area (TPSA) is 98.8 Å². The van der Waals surface area contributed by atoms with Gasteiger partial charge in [-0.05, 0) is 38.4 Å². The van der Waals surface area contributed by atoms with Crippen LogP contribution in [0.3, 0.4) is 0 Å². The number of hydrogen-bond donors (Lipinski definition) is 2. The van der Waals surface area contributed by atoms with Gasteiger partial charge in [0.15, 0.2) is 0 Å². The minimum atomic E-state index is -3.67. The molecule has 9 heteroatoms. The second-order valence-corrected chi connectivity index (χ2v) is 7.33. The Labute approximate surface area is 135 Å². The average Bonchev–Trinajstić information content (AvgIpc) is 2.91. The second kappa shape index (κ2) is 6.97. The van der Waals surface area contributed by atoms with Gasteiger partial charge >= 0.3 is 6.03 Å². The van der Waals surface area contributed by atoms with E-state index in [4.69, 9.17) is 0 Å². The summed E-state index contributed by atoms with van der Waals surface area (Å²) in [6.45, 7) is 1.46. The standard InChI is InChI=1S/C14H20N4O4S/c1-17(2)9-10-23(21,22)16-13(19)11-3-5-12(6-4-11)18-8-7-15-14(18)20/h3-6H,7-10H2,1-2H3,(H,15,20)(H,16,19). The van der Waals surface area contributed by atoms with E-state index in [1.165, 1.54) is 12.1 Å². The summed E-state index contributed by atoms with van der Waals surface area (Å²) in [5.74, 6) is -0.834. The number of benzene rings is 1. The fourth-order valence-corrected chi connectivity index (χ4v) is 3.17. The average molecular weight is 340 g/mol. The summed E-state index contributed by atoms with van der Waals surface area (Å²) < 4.78 is 25.7. The van der Waals surface area contributed by atoms with E-state index >= 15 is 0 Å². The van der Waals surface area contributed by atoms with E-state index < -0.39 is 15.9 Å². The van der Waals surface area contributed by atoms with Crippen LogP contribution in [0.5, 0.6) is 0 Å². The molecule has 1 saturated heterocycles. The third-order valence-electron chi connectivity index (χ3n) is 3.35. The zero-order valence-corrected chi connectivity index (χ0v) is 13.9. The largest absolute Gasteiger partial charge is 0.336 e. The minimum absolute atomic E-state index is 0.155. The molecule has 8 nitrogen and oxygen atoms in total. The van der Waals surface area contributed by atoms with E-state index in [9.17, 15) is 18.0 Å². The van der Waals surface area contributed by atoms with Crippen LogP contribution in [0.15, 0.2) is 24.3 Å². The fraction of sp³-hybridized carbons (Fsp3) is 0.429. The van der Waals surface area contributed by atoms with Crippen LogP contribution in [-0.2, 0) is 10.0 Å². The molecule has 0 bridgehead atoms. The van der Waals surface area contributed by atoms with E-state index in [1.807, 2.05) is 4.72 Å². The van der Waals surface area contributed by atoms with Gasteiger partial charge in [-0.3, -0.25) is 9.69 Å². The number of sulfonamides is 1. The van der Waals surface area contributed by atoms with Gasteiger partial charge in [0.1, 0.15) is 0 Å². The lowest BCUT2D eigenvalue weighted by atomic mass is 10.2. The highest BCUT2D eigenvalue weighted by molar-refractivity contribution is 7.90. The number of urea groups is 1. The van der Waals surface area contributed by atoms with Crippen molar-refractivity contribution in [3.8, 4) is 0 Å². The molecule has 1 aromatic rings. The molecule has 1 heterocycles. The second-order valence-electron chi connectivity index (χ2n) is 5.48. The van der Waals surface area contributed by atoms with Crippen molar-refractivity contribution in [2.45, 2.75) is 0 Å². The molecule has 0 saturated carbocycles. The first kappa shape index (κ1) is 17.2. The molecule has 0 aromatic heterocycles. The highest BCUT2D eigenvalue weighted by Crippen LogP contribution is 2.17. The first-order valence-electron chi connectivity index (χ1n) is 7.13. The Kier molecular flexibility index (Phi) is 5.22. The minimum Gasteiger partial charge on any atom is -0.336 e. The summed E-state index contributed by atoms with van der Waals surface area (Å²) in [7, 11) is -0.165. The first-order chi connectivity index (χ1) is 10.8. The summed E-state index contributed by atoms with van der Waals surface area (Å²) in [6.07, 6.45) is 0. The molecule has 23 heavy (non-hydrogen) atoms. The summed E-state index contributed by atoms with van der Waals surface area (Å²) in [4.78, 5) is 26.8. The molecule has 2 rings (SSSR count). The number of anilines is 1. The van der Waals surface area contributed by atoms with Crippen LogP contribution in [0.4, 0.5) is 10.5 Å². The van der Waals surface area contributed by atoms with Gasteiger partial charge in [0.25, 0.3) is 5.91 Å². The van der Waals surface area contributed by atoms with Gasteiger partial charge in [-0.15, -0.1) is 0 Å². The van der Waals surface area contributed by atoms with E-state index in [0.717, 1.165) is 0 Å². The quantitative estimate of drug-likeness (QED) is 0.750. The highest BCUT2D eigenvalue weighted by atomic mass is 32.2. The van der Waals surface area contributed by atoms with Crippen molar-refractivity contribution in [1.82, 2.24) is 14.9 Å². The number of rotatable bonds is 6. The molecule has 0 atom stereocenters. The zero-order valence-electron chi connectivity index (χ0n) is 13.1. The lowest BCUT2D eigenvalue weighted by Crippen LogP contribution is -2.35. The Bertz CT molecular complexity index is 685. The van der Waals surface area contributed by atoms with Crippen LogP contribution in [0.1, 0.15) is 10.4 Å². The van der Waals surface area contributed by atoms with Crippen molar-refractivity contribution in [3.05, 3.63) is 29.8 Å². The van der Waals surface area contributed by atoms with Crippen LogP contribution in [0.2, 0.25) is 0 Å². The molecular weight excluding hydrogens is 320 g/mol. The van der Waals surface area contributed by atoms with Gasteiger partial charge in [0, 0.05) is 30.9 Å². The van der Waals surface area contributed by atoms with Crippen LogP contribution >= 0.6 is 0 Å². The maximum absolute atomic E-state index is 12.0. The van der Waals surface area contributed by atoms with Crippen molar-refractivity contribution < 1.29 is 18.0 Å². The highest BCUT2D eigenvalue weighted by Gasteiger charge is 2.21. The van der Waals surface area contributed by atoms with Gasteiger partial charge in [0.2, 0.25) is 10.0 Å². The van der Waals surface area contributed by atoms with E-state index in [0.29, 0.717) is 25.3 Å². The molecule has 2 N–H and O–H groups in total. The normalized spacial score (nSPS) is 14.9. The maximum atomic E-state index is 12.0. The molecule has 0 spiro atoms. The van der Waals surface area contributed by atoms with Crippen LogP contribution < -0.4 is 14.9 Å². The van der Waals surface area contributed by atoms with Crippen LogP contribution in [0.25, 0.3) is 0 Å². The van der Waals surface area contributed by atoms with Gasteiger partial charge in [0.05, 0.1) is 5.75 Å². The Morgan fingerprint density at radius 1 is 1.30 bits per heavy atom. The van der Waals surface area contributed by atoms with E-state index in [1.54, 1.807) is 36.0 Å². The predicted molar refractivity (Wildman–Crippen MR) is 87.0 cm³/mol. The molecule has 1 fully saturated rings. The van der Waals surface area contributed by atoms with Crippen molar-refractivity contribution in [2.24, 2.45) is 0 Å². The van der Waals surface area contributed by atoms with Crippen LogP contribution in [-0.4, -0.2) is 64.7 Å². The number of nitrogens with zero attached hydrogens (tertiary/aromatic N) is 2. The molecule has 3 amide bonds. The SMILES string of the molecule is CN(C)CCS(=O)(=O)NC(=O)c1ccc(N2CCNC2=O)cc1. The summed E-state index contributed by atoms with van der Waals surface area (Å²) >= 11 is 0. The number of hydrogen-bond acceptors (Lipinski definition) is 5. The van der Waals surface area contributed by atoms with E-state index in [2.05, 4.69) is 5.32 Å². The summed E-state index contributed by atoms with van der Waals surface area (Å²) in [6, 6.07) is 6.04. The molecule has 0 unspecified atom stereocenters. The zero-order chi connectivity index (χ0) is 17.0. The van der Waals surface area contributed by atoms with Gasteiger partial charge in [-0.1, -0.05) is 0 Å². The monoisotopic (exact) mass is 340 g/mol. The van der Waals surface area contributed by atoms with Gasteiger partial charge < -0.3 is 10.2 Å². The number of carbonyl (C=O) groups excluding carboxylic acids is 2. The van der Waals surface area contributed by atoms with E-state index in [-0.39, 0.29) is 17.3 Å². The Hall–Kier alpha value is -2.13. The molecule has 0 radical (unpaired) electrons. The molecule has 0 aliphatic carbocycles. The number of amides is 3. The van der Waals surface area contributed by atoms with Crippen molar-refractivity contribution in [3.63, 3.8) is 0 Å². The molecule has 1 aliphatic heterocycles. The molecule has 1 aliphatic rings. The smallest absolute Gasteiger partial charge is 0.321 e. The summed E-state index contributed by atoms with van der Waals surface area (Å²) in [5, 5.41) is 2.68. The van der Waals surface area contributed by atoms with Crippen molar-refractivity contribution in [1.29, 1.82) is 0 Å². The third kappa shape index (κ3) is 4.67. The molecule has 126 valence electrons. The van der Waals surface area contributed by atoms with Gasteiger partial charge in [-0.25, -0.2) is 17.9 Å². The summed E-state index contributed by atoms with van der Waals surface area (Å²) in [5.41, 5.74) is 0.883. The Morgan fingerprint density at radius 3 is 2.48 bits per heavy atom. The fourth-order valence-electron chi connectivity index (χ4n) is 2.06. The maximum Gasteiger partial charge on any atom is 0.321 e. The lowest BCUT2D eigenvalue weighted by molar-refractivity contribution is 0.0981. The Balaban J connectivity index is 2.01. The van der Waals surface area contributed by atoms with Crippen molar-refractivity contribution >= 4 is 27.6 Å².